The van der Waals surface area contributed by atoms with Crippen LogP contribution in [0.2, 0.25) is 0 Å². The molecule has 0 saturated carbocycles. The summed E-state index contributed by atoms with van der Waals surface area (Å²) in [6.45, 7) is 0.516. The van der Waals surface area contributed by atoms with E-state index in [1.807, 2.05) is 60.8 Å². The van der Waals surface area contributed by atoms with Gasteiger partial charge in [-0.05, 0) is 48.0 Å². The first-order chi connectivity index (χ1) is 13.3. The second kappa shape index (κ2) is 7.70. The summed E-state index contributed by atoms with van der Waals surface area (Å²) in [4.78, 5) is 19.4. The van der Waals surface area contributed by atoms with Crippen molar-refractivity contribution in [1.29, 1.82) is 0 Å². The van der Waals surface area contributed by atoms with Gasteiger partial charge in [0.25, 0.3) is 0 Å². The van der Waals surface area contributed by atoms with Gasteiger partial charge in [-0.1, -0.05) is 30.3 Å². The van der Waals surface area contributed by atoms with Gasteiger partial charge >= 0.3 is 0 Å². The zero-order valence-corrected chi connectivity index (χ0v) is 14.6. The van der Waals surface area contributed by atoms with Gasteiger partial charge in [-0.2, -0.15) is 0 Å². The second-order valence-electron chi connectivity index (χ2n) is 6.16. The minimum Gasteiger partial charge on any atom is -0.489 e. The predicted molar refractivity (Wildman–Crippen MR) is 107 cm³/mol. The fourth-order valence-electron chi connectivity index (χ4n) is 2.87. The van der Waals surface area contributed by atoms with E-state index in [1.54, 1.807) is 30.6 Å². The number of hydrogen-bond acceptors (Lipinski definition) is 3. The standard InChI is InChI=1S/C23H18N2O2/c26-23(18-10-12-24-13-11-18)9-6-19-15-25-22-8-7-20(14-21(19)22)27-16-17-4-2-1-3-5-17/h1-15,25H,16H2/b9-6+. The third-order valence-corrected chi connectivity index (χ3v) is 4.31. The number of benzene rings is 2. The Balaban J connectivity index is 1.53. The van der Waals surface area contributed by atoms with Crippen LogP contribution in [0, 0.1) is 0 Å². The van der Waals surface area contributed by atoms with E-state index in [9.17, 15) is 4.79 Å². The van der Waals surface area contributed by atoms with Crippen molar-refractivity contribution < 1.29 is 9.53 Å². The fraction of sp³-hybridized carbons (Fsp3) is 0.0435. The van der Waals surface area contributed by atoms with Crippen molar-refractivity contribution in [3.63, 3.8) is 0 Å². The largest absolute Gasteiger partial charge is 0.489 e. The number of aromatic amines is 1. The van der Waals surface area contributed by atoms with Crippen molar-refractivity contribution >= 4 is 22.8 Å². The molecule has 0 unspecified atom stereocenters. The first-order valence-electron chi connectivity index (χ1n) is 8.70. The van der Waals surface area contributed by atoms with Crippen LogP contribution >= 0.6 is 0 Å². The minimum atomic E-state index is -0.0526. The molecule has 4 aromatic rings. The third kappa shape index (κ3) is 3.96. The van der Waals surface area contributed by atoms with E-state index in [2.05, 4.69) is 9.97 Å². The molecule has 0 radical (unpaired) electrons. The molecular formula is C23H18N2O2. The SMILES string of the molecule is O=C(/C=C/c1c[nH]c2ccc(OCc3ccccc3)cc12)c1ccncc1. The molecule has 0 aliphatic heterocycles. The van der Waals surface area contributed by atoms with Gasteiger partial charge in [-0.25, -0.2) is 0 Å². The highest BCUT2D eigenvalue weighted by atomic mass is 16.5. The van der Waals surface area contributed by atoms with Crippen LogP contribution in [0.3, 0.4) is 0 Å². The normalized spacial score (nSPS) is 11.1. The molecule has 0 aliphatic rings. The van der Waals surface area contributed by atoms with Crippen LogP contribution in [0.25, 0.3) is 17.0 Å². The van der Waals surface area contributed by atoms with Crippen LogP contribution < -0.4 is 4.74 Å². The average Bonchev–Trinajstić information content (AvgIpc) is 3.14. The molecule has 4 heteroatoms. The number of nitrogens with one attached hydrogen (secondary N) is 1. The summed E-state index contributed by atoms with van der Waals surface area (Å²) in [5.74, 6) is 0.740. The van der Waals surface area contributed by atoms with Crippen LogP contribution in [0.5, 0.6) is 5.75 Å². The lowest BCUT2D eigenvalue weighted by atomic mass is 10.1. The number of allylic oxidation sites excluding steroid dienone is 1. The van der Waals surface area contributed by atoms with Crippen LogP contribution in [-0.2, 0) is 6.61 Å². The Morgan fingerprint density at radius 2 is 1.85 bits per heavy atom. The smallest absolute Gasteiger partial charge is 0.185 e. The maximum absolute atomic E-state index is 12.3. The number of carbonyl (C=O) groups is 1. The van der Waals surface area contributed by atoms with E-state index in [-0.39, 0.29) is 5.78 Å². The predicted octanol–water partition coefficient (Wildman–Crippen LogP) is 5.04. The van der Waals surface area contributed by atoms with Crippen molar-refractivity contribution in [3.8, 4) is 5.75 Å². The topological polar surface area (TPSA) is 55.0 Å². The molecule has 132 valence electrons. The maximum atomic E-state index is 12.3. The van der Waals surface area contributed by atoms with Crippen molar-refractivity contribution in [2.45, 2.75) is 6.61 Å². The Bertz CT molecular complexity index is 1080. The summed E-state index contributed by atoms with van der Waals surface area (Å²) >= 11 is 0. The molecule has 4 rings (SSSR count). The number of rotatable bonds is 6. The third-order valence-electron chi connectivity index (χ3n) is 4.31. The molecule has 2 aromatic carbocycles. The Labute approximate surface area is 157 Å². The highest BCUT2D eigenvalue weighted by Crippen LogP contribution is 2.25. The van der Waals surface area contributed by atoms with Gasteiger partial charge in [0.05, 0.1) is 0 Å². The number of carbonyl (C=O) groups excluding carboxylic acids is 1. The number of fused-ring (bicyclic) bond motifs is 1. The van der Waals surface area contributed by atoms with Gasteiger partial charge in [0, 0.05) is 40.6 Å². The lowest BCUT2D eigenvalue weighted by molar-refractivity contribution is 0.104. The lowest BCUT2D eigenvalue weighted by Gasteiger charge is -2.06. The summed E-state index contributed by atoms with van der Waals surface area (Å²) in [6.07, 6.45) is 8.52. The number of aromatic nitrogens is 2. The number of hydrogen-bond donors (Lipinski definition) is 1. The van der Waals surface area contributed by atoms with E-state index in [0.717, 1.165) is 27.8 Å². The van der Waals surface area contributed by atoms with E-state index in [0.29, 0.717) is 12.2 Å². The Hall–Kier alpha value is -3.66. The molecule has 27 heavy (non-hydrogen) atoms. The number of ether oxygens (including phenoxy) is 1. The summed E-state index contributed by atoms with van der Waals surface area (Å²) in [5, 5.41) is 1.01. The van der Waals surface area contributed by atoms with Gasteiger partial charge in [0.15, 0.2) is 5.78 Å². The van der Waals surface area contributed by atoms with Crippen LogP contribution in [0.4, 0.5) is 0 Å². The monoisotopic (exact) mass is 354 g/mol. The Morgan fingerprint density at radius 3 is 2.67 bits per heavy atom. The van der Waals surface area contributed by atoms with Crippen molar-refractivity contribution in [3.05, 3.63) is 102 Å². The zero-order chi connectivity index (χ0) is 18.5. The average molecular weight is 354 g/mol. The number of pyridine rings is 1. The van der Waals surface area contributed by atoms with Crippen LogP contribution in [0.1, 0.15) is 21.5 Å². The van der Waals surface area contributed by atoms with Gasteiger partial charge < -0.3 is 9.72 Å². The molecule has 1 N–H and O–H groups in total. The zero-order valence-electron chi connectivity index (χ0n) is 14.6. The highest BCUT2D eigenvalue weighted by Gasteiger charge is 2.05. The first kappa shape index (κ1) is 16.8. The Morgan fingerprint density at radius 1 is 1.04 bits per heavy atom. The number of H-pyrrole nitrogens is 1. The van der Waals surface area contributed by atoms with E-state index >= 15 is 0 Å². The van der Waals surface area contributed by atoms with E-state index in [4.69, 9.17) is 4.74 Å². The summed E-state index contributed by atoms with van der Waals surface area (Å²) in [5.41, 5.74) is 3.68. The van der Waals surface area contributed by atoms with Crippen molar-refractivity contribution in [1.82, 2.24) is 9.97 Å². The van der Waals surface area contributed by atoms with Gasteiger partial charge in [0.1, 0.15) is 12.4 Å². The molecule has 0 amide bonds. The van der Waals surface area contributed by atoms with Crippen molar-refractivity contribution in [2.24, 2.45) is 0 Å². The van der Waals surface area contributed by atoms with Crippen molar-refractivity contribution in [2.75, 3.05) is 0 Å². The number of ketones is 1. The quantitative estimate of drug-likeness (QED) is 0.390. The second-order valence-corrected chi connectivity index (χ2v) is 6.16. The number of nitrogens with zero attached hydrogens (tertiary/aromatic N) is 1. The van der Waals surface area contributed by atoms with Gasteiger partial charge in [-0.3, -0.25) is 9.78 Å². The molecule has 0 fully saturated rings. The lowest BCUT2D eigenvalue weighted by Crippen LogP contribution is -1.94. The van der Waals surface area contributed by atoms with Crippen LogP contribution in [0.15, 0.2) is 85.3 Å². The fourth-order valence-corrected chi connectivity index (χ4v) is 2.87. The Kier molecular flexibility index (Phi) is 4.79. The molecule has 2 aromatic heterocycles. The summed E-state index contributed by atoms with van der Waals surface area (Å²) in [7, 11) is 0. The summed E-state index contributed by atoms with van der Waals surface area (Å²) < 4.78 is 5.91. The molecule has 2 heterocycles. The molecule has 4 nitrogen and oxygen atoms in total. The molecular weight excluding hydrogens is 336 g/mol. The molecule has 0 spiro atoms. The van der Waals surface area contributed by atoms with Crippen LogP contribution in [-0.4, -0.2) is 15.8 Å². The first-order valence-corrected chi connectivity index (χ1v) is 8.70. The van der Waals surface area contributed by atoms with Gasteiger partial charge in [-0.15, -0.1) is 0 Å². The maximum Gasteiger partial charge on any atom is 0.185 e. The molecule has 0 saturated heterocycles. The summed E-state index contributed by atoms with van der Waals surface area (Å²) in [6, 6.07) is 19.4. The molecule has 0 bridgehead atoms. The molecule has 0 atom stereocenters. The van der Waals surface area contributed by atoms with Gasteiger partial charge in [0.2, 0.25) is 0 Å². The molecule has 0 aliphatic carbocycles. The van der Waals surface area contributed by atoms with E-state index < -0.39 is 0 Å². The minimum absolute atomic E-state index is 0.0526. The highest BCUT2D eigenvalue weighted by molar-refractivity contribution is 6.07. The van der Waals surface area contributed by atoms with E-state index in [1.165, 1.54) is 0 Å².